The average molecular weight is 349 g/mol. The maximum Gasteiger partial charge on any atom is 0.122 e. The van der Waals surface area contributed by atoms with Crippen LogP contribution in [0, 0.1) is 0 Å². The summed E-state index contributed by atoms with van der Waals surface area (Å²) in [6, 6.07) is 5.08. The molecule has 0 saturated carbocycles. The third kappa shape index (κ3) is 9.77. The Hall–Kier alpha value is -1.18. The molecule has 1 atom stereocenters. The monoisotopic (exact) mass is 348 g/mol. The van der Waals surface area contributed by atoms with E-state index < -0.39 is 0 Å². The van der Waals surface area contributed by atoms with Crippen LogP contribution < -0.4 is 0 Å². The quantitative estimate of drug-likeness (QED) is 0.319. The van der Waals surface area contributed by atoms with E-state index in [1.54, 1.807) is 6.07 Å². The molecular formula is C23H40O2. The van der Waals surface area contributed by atoms with Crippen LogP contribution in [0.4, 0.5) is 0 Å². The molecule has 144 valence electrons. The second kappa shape index (κ2) is 14.0. The minimum absolute atomic E-state index is 0.148. The number of phenolic OH excluding ortho intramolecular Hbond substituents is 2. The summed E-state index contributed by atoms with van der Waals surface area (Å²) in [5, 5.41) is 19.7. The number of aromatic hydroxyl groups is 2. The van der Waals surface area contributed by atoms with Crippen LogP contribution in [-0.4, -0.2) is 10.2 Å². The van der Waals surface area contributed by atoms with Crippen molar-refractivity contribution in [3.05, 3.63) is 23.8 Å². The molecule has 2 nitrogen and oxygen atoms in total. The molecule has 0 spiro atoms. The van der Waals surface area contributed by atoms with Crippen molar-refractivity contribution in [1.82, 2.24) is 0 Å². The van der Waals surface area contributed by atoms with Crippen molar-refractivity contribution in [2.24, 2.45) is 0 Å². The zero-order valence-electron chi connectivity index (χ0n) is 16.6. The standard InChI is InChI=1S/C23H40O2/c1-3-5-7-8-9-10-11-12-13-14-16-20(15-6-4-2)22-18-17-21(24)19-23(22)25/h17-20,24-25H,3-16H2,1-2H3. The predicted molar refractivity (Wildman–Crippen MR) is 108 cm³/mol. The van der Waals surface area contributed by atoms with Crippen molar-refractivity contribution >= 4 is 0 Å². The maximum atomic E-state index is 10.2. The van der Waals surface area contributed by atoms with E-state index in [2.05, 4.69) is 13.8 Å². The number of hydrogen-bond acceptors (Lipinski definition) is 2. The van der Waals surface area contributed by atoms with Gasteiger partial charge >= 0.3 is 0 Å². The van der Waals surface area contributed by atoms with Crippen molar-refractivity contribution in [2.75, 3.05) is 0 Å². The third-order valence-corrected chi connectivity index (χ3v) is 5.27. The lowest BCUT2D eigenvalue weighted by molar-refractivity contribution is 0.429. The number of unbranched alkanes of at least 4 members (excludes halogenated alkanes) is 10. The van der Waals surface area contributed by atoms with E-state index in [1.807, 2.05) is 6.07 Å². The summed E-state index contributed by atoms with van der Waals surface area (Å²) < 4.78 is 0. The van der Waals surface area contributed by atoms with Gasteiger partial charge in [0, 0.05) is 6.07 Å². The van der Waals surface area contributed by atoms with Crippen LogP contribution in [-0.2, 0) is 0 Å². The fourth-order valence-electron chi connectivity index (χ4n) is 3.66. The SMILES string of the molecule is CCCCCCCCCCCCC(CCCC)c1ccc(O)cc1O. The fourth-order valence-corrected chi connectivity index (χ4v) is 3.66. The van der Waals surface area contributed by atoms with Gasteiger partial charge < -0.3 is 10.2 Å². The molecule has 0 aromatic heterocycles. The topological polar surface area (TPSA) is 40.5 Å². The van der Waals surface area contributed by atoms with Crippen LogP contribution >= 0.6 is 0 Å². The molecule has 0 fully saturated rings. The van der Waals surface area contributed by atoms with Gasteiger partial charge in [-0.2, -0.15) is 0 Å². The Kier molecular flexibility index (Phi) is 12.3. The van der Waals surface area contributed by atoms with Crippen LogP contribution in [0.5, 0.6) is 11.5 Å². The summed E-state index contributed by atoms with van der Waals surface area (Å²) in [4.78, 5) is 0. The van der Waals surface area contributed by atoms with Crippen molar-refractivity contribution in [1.29, 1.82) is 0 Å². The third-order valence-electron chi connectivity index (χ3n) is 5.27. The zero-order valence-corrected chi connectivity index (χ0v) is 16.6. The Morgan fingerprint density at radius 1 is 0.680 bits per heavy atom. The lowest BCUT2D eigenvalue weighted by Crippen LogP contribution is -2.00. The molecular weight excluding hydrogens is 308 g/mol. The van der Waals surface area contributed by atoms with Crippen molar-refractivity contribution < 1.29 is 10.2 Å². The highest BCUT2D eigenvalue weighted by Gasteiger charge is 2.15. The Bertz CT molecular complexity index is 442. The lowest BCUT2D eigenvalue weighted by atomic mass is 9.88. The van der Waals surface area contributed by atoms with E-state index in [4.69, 9.17) is 0 Å². The molecule has 0 saturated heterocycles. The molecule has 0 heterocycles. The van der Waals surface area contributed by atoms with Crippen molar-refractivity contribution in [2.45, 2.75) is 110 Å². The minimum atomic E-state index is 0.148. The molecule has 0 aliphatic carbocycles. The van der Waals surface area contributed by atoms with Gasteiger partial charge in [0.1, 0.15) is 11.5 Å². The zero-order chi connectivity index (χ0) is 18.3. The normalized spacial score (nSPS) is 12.4. The molecule has 1 rings (SSSR count). The summed E-state index contributed by atoms with van der Waals surface area (Å²) in [6.45, 7) is 4.49. The first-order valence-electron chi connectivity index (χ1n) is 10.7. The van der Waals surface area contributed by atoms with Gasteiger partial charge in [0.2, 0.25) is 0 Å². The van der Waals surface area contributed by atoms with Gasteiger partial charge in [0.15, 0.2) is 0 Å². The van der Waals surface area contributed by atoms with Crippen LogP contribution in [0.3, 0.4) is 0 Å². The summed E-state index contributed by atoms with van der Waals surface area (Å²) in [7, 11) is 0. The van der Waals surface area contributed by atoms with Gasteiger partial charge in [-0.15, -0.1) is 0 Å². The molecule has 0 amide bonds. The molecule has 2 heteroatoms. The van der Waals surface area contributed by atoms with Gasteiger partial charge in [-0.1, -0.05) is 97.0 Å². The molecule has 0 radical (unpaired) electrons. The minimum Gasteiger partial charge on any atom is -0.508 e. The van der Waals surface area contributed by atoms with E-state index >= 15 is 0 Å². The fraction of sp³-hybridized carbons (Fsp3) is 0.739. The maximum absolute atomic E-state index is 10.2. The lowest BCUT2D eigenvalue weighted by Gasteiger charge is -2.18. The first kappa shape index (κ1) is 21.9. The number of rotatable bonds is 15. The largest absolute Gasteiger partial charge is 0.508 e. The van der Waals surface area contributed by atoms with E-state index in [9.17, 15) is 10.2 Å². The van der Waals surface area contributed by atoms with E-state index in [0.29, 0.717) is 5.92 Å². The predicted octanol–water partition coefficient (Wildman–Crippen LogP) is 7.68. The van der Waals surface area contributed by atoms with E-state index in [0.717, 1.165) is 18.4 Å². The molecule has 1 aromatic carbocycles. The Balaban J connectivity index is 2.25. The summed E-state index contributed by atoms with van der Waals surface area (Å²) in [5.41, 5.74) is 1.02. The average Bonchev–Trinajstić information content (AvgIpc) is 2.60. The Morgan fingerprint density at radius 2 is 1.20 bits per heavy atom. The van der Waals surface area contributed by atoms with Gasteiger partial charge in [0.25, 0.3) is 0 Å². The highest BCUT2D eigenvalue weighted by molar-refractivity contribution is 5.41. The molecule has 0 aliphatic heterocycles. The molecule has 1 unspecified atom stereocenters. The highest BCUT2D eigenvalue weighted by Crippen LogP contribution is 2.35. The molecule has 2 N–H and O–H groups in total. The molecule has 25 heavy (non-hydrogen) atoms. The van der Waals surface area contributed by atoms with E-state index in [-0.39, 0.29) is 11.5 Å². The van der Waals surface area contributed by atoms with Crippen LogP contribution in [0.2, 0.25) is 0 Å². The first-order chi connectivity index (χ1) is 12.2. The van der Waals surface area contributed by atoms with Gasteiger partial charge in [-0.25, -0.2) is 0 Å². The van der Waals surface area contributed by atoms with Crippen LogP contribution in [0.15, 0.2) is 18.2 Å². The van der Waals surface area contributed by atoms with Gasteiger partial charge in [-0.05, 0) is 30.4 Å². The highest BCUT2D eigenvalue weighted by atomic mass is 16.3. The summed E-state index contributed by atoms with van der Waals surface area (Å²) >= 11 is 0. The Morgan fingerprint density at radius 3 is 1.76 bits per heavy atom. The van der Waals surface area contributed by atoms with Crippen molar-refractivity contribution in [3.63, 3.8) is 0 Å². The summed E-state index contributed by atoms with van der Waals surface area (Å²) in [6.07, 6.45) is 18.3. The van der Waals surface area contributed by atoms with Gasteiger partial charge in [-0.3, -0.25) is 0 Å². The second-order valence-electron chi connectivity index (χ2n) is 7.55. The number of benzene rings is 1. The Labute approximate surface area is 155 Å². The molecule has 0 bridgehead atoms. The van der Waals surface area contributed by atoms with Crippen LogP contribution in [0.25, 0.3) is 0 Å². The van der Waals surface area contributed by atoms with Crippen LogP contribution in [0.1, 0.15) is 115 Å². The first-order valence-corrected chi connectivity index (χ1v) is 10.7. The number of phenols is 2. The van der Waals surface area contributed by atoms with E-state index in [1.165, 1.54) is 83.1 Å². The second-order valence-corrected chi connectivity index (χ2v) is 7.55. The van der Waals surface area contributed by atoms with Gasteiger partial charge in [0.05, 0.1) is 0 Å². The van der Waals surface area contributed by atoms with Crippen molar-refractivity contribution in [3.8, 4) is 11.5 Å². The molecule has 0 aliphatic rings. The number of hydrogen-bond donors (Lipinski definition) is 2. The molecule has 1 aromatic rings. The summed E-state index contributed by atoms with van der Waals surface area (Å²) in [5.74, 6) is 0.831. The smallest absolute Gasteiger partial charge is 0.122 e.